The summed E-state index contributed by atoms with van der Waals surface area (Å²) in [6, 6.07) is 7.94. The lowest BCUT2D eigenvalue weighted by molar-refractivity contribution is 0.0521. The van der Waals surface area contributed by atoms with Gasteiger partial charge in [-0.05, 0) is 44.7 Å². The standard InChI is InChI=1S/C18H29ClN2O2/c1-13(2)10-15(12-21-17(22)23-18(3,4)5)20-11-14-8-6-7-9-16(14)19/h6-9,13,15,20H,10-12H2,1-5H3,(H,21,22). The monoisotopic (exact) mass is 340 g/mol. The average Bonchev–Trinajstić information content (AvgIpc) is 2.41. The molecule has 5 heteroatoms. The second kappa shape index (κ2) is 9.14. The lowest BCUT2D eigenvalue weighted by atomic mass is 10.0. The maximum Gasteiger partial charge on any atom is 0.407 e. The molecule has 1 atom stereocenters. The van der Waals surface area contributed by atoms with Gasteiger partial charge in [0.1, 0.15) is 5.60 Å². The van der Waals surface area contributed by atoms with Crippen molar-refractivity contribution >= 4 is 17.7 Å². The molecule has 0 aliphatic carbocycles. The molecule has 0 aromatic heterocycles. The molecule has 130 valence electrons. The Morgan fingerprint density at radius 1 is 1.26 bits per heavy atom. The summed E-state index contributed by atoms with van der Waals surface area (Å²) in [7, 11) is 0. The third kappa shape index (κ3) is 8.82. The van der Waals surface area contributed by atoms with Gasteiger partial charge in [-0.3, -0.25) is 0 Å². The fraction of sp³-hybridized carbons (Fsp3) is 0.611. The van der Waals surface area contributed by atoms with E-state index >= 15 is 0 Å². The van der Waals surface area contributed by atoms with Crippen molar-refractivity contribution in [3.8, 4) is 0 Å². The number of carbonyl (C=O) groups excluding carboxylic acids is 1. The molecule has 0 bridgehead atoms. The van der Waals surface area contributed by atoms with E-state index in [-0.39, 0.29) is 12.1 Å². The Morgan fingerprint density at radius 3 is 2.48 bits per heavy atom. The van der Waals surface area contributed by atoms with Crippen molar-refractivity contribution in [1.82, 2.24) is 10.6 Å². The van der Waals surface area contributed by atoms with Gasteiger partial charge in [-0.15, -0.1) is 0 Å². The second-order valence-electron chi connectivity index (χ2n) is 7.18. The summed E-state index contributed by atoms with van der Waals surface area (Å²) in [5.41, 5.74) is 0.572. The molecular formula is C18H29ClN2O2. The molecule has 0 saturated heterocycles. The van der Waals surface area contributed by atoms with E-state index in [2.05, 4.69) is 24.5 Å². The Hall–Kier alpha value is -1.26. The summed E-state index contributed by atoms with van der Waals surface area (Å²) in [6.45, 7) is 11.1. The largest absolute Gasteiger partial charge is 0.444 e. The number of ether oxygens (including phenoxy) is 1. The Kier molecular flexibility index (Phi) is 7.86. The van der Waals surface area contributed by atoms with E-state index in [9.17, 15) is 4.79 Å². The molecule has 0 aliphatic rings. The molecule has 1 amide bonds. The number of benzene rings is 1. The number of carbonyl (C=O) groups is 1. The van der Waals surface area contributed by atoms with Gasteiger partial charge < -0.3 is 15.4 Å². The van der Waals surface area contributed by atoms with E-state index in [0.29, 0.717) is 19.0 Å². The van der Waals surface area contributed by atoms with E-state index in [4.69, 9.17) is 16.3 Å². The highest BCUT2D eigenvalue weighted by atomic mass is 35.5. The van der Waals surface area contributed by atoms with Crippen LogP contribution in [0, 0.1) is 5.92 Å². The number of amides is 1. The highest BCUT2D eigenvalue weighted by Crippen LogP contribution is 2.15. The van der Waals surface area contributed by atoms with Crippen LogP contribution in [0.15, 0.2) is 24.3 Å². The molecule has 1 unspecified atom stereocenters. The molecule has 0 fully saturated rings. The minimum atomic E-state index is -0.484. The van der Waals surface area contributed by atoms with Crippen molar-refractivity contribution in [2.24, 2.45) is 5.92 Å². The predicted octanol–water partition coefficient (Wildman–Crippen LogP) is 4.37. The zero-order valence-electron chi connectivity index (χ0n) is 14.8. The van der Waals surface area contributed by atoms with Gasteiger partial charge in [0, 0.05) is 24.2 Å². The van der Waals surface area contributed by atoms with Crippen LogP contribution in [0.4, 0.5) is 4.79 Å². The first-order valence-corrected chi connectivity index (χ1v) is 8.49. The SMILES string of the molecule is CC(C)CC(CNC(=O)OC(C)(C)C)NCc1ccccc1Cl. The zero-order valence-corrected chi connectivity index (χ0v) is 15.5. The van der Waals surface area contributed by atoms with Crippen LogP contribution < -0.4 is 10.6 Å². The van der Waals surface area contributed by atoms with Crippen LogP contribution in [-0.4, -0.2) is 24.3 Å². The highest BCUT2D eigenvalue weighted by molar-refractivity contribution is 6.31. The van der Waals surface area contributed by atoms with Crippen molar-refractivity contribution in [3.05, 3.63) is 34.9 Å². The van der Waals surface area contributed by atoms with Crippen molar-refractivity contribution < 1.29 is 9.53 Å². The molecule has 4 nitrogen and oxygen atoms in total. The zero-order chi connectivity index (χ0) is 17.5. The molecule has 0 saturated carbocycles. The third-order valence-corrected chi connectivity index (χ3v) is 3.56. The molecular weight excluding hydrogens is 312 g/mol. The number of nitrogens with one attached hydrogen (secondary N) is 2. The van der Waals surface area contributed by atoms with E-state index in [1.165, 1.54) is 0 Å². The first-order valence-electron chi connectivity index (χ1n) is 8.11. The van der Waals surface area contributed by atoms with E-state index < -0.39 is 5.60 Å². The smallest absolute Gasteiger partial charge is 0.407 e. The minimum absolute atomic E-state index is 0.166. The molecule has 1 rings (SSSR count). The van der Waals surface area contributed by atoms with Crippen molar-refractivity contribution in [2.75, 3.05) is 6.54 Å². The summed E-state index contributed by atoms with van der Waals surface area (Å²) < 4.78 is 5.28. The fourth-order valence-corrected chi connectivity index (χ4v) is 2.43. The number of hydrogen-bond acceptors (Lipinski definition) is 3. The normalized spacial score (nSPS) is 13.0. The topological polar surface area (TPSA) is 50.4 Å². The van der Waals surface area contributed by atoms with Crippen LogP contribution in [0.3, 0.4) is 0 Å². The maximum absolute atomic E-state index is 11.8. The molecule has 0 radical (unpaired) electrons. The van der Waals surface area contributed by atoms with Crippen LogP contribution >= 0.6 is 11.6 Å². The first kappa shape index (κ1) is 19.8. The lowest BCUT2D eigenvalue weighted by Gasteiger charge is -2.24. The van der Waals surface area contributed by atoms with Crippen LogP contribution in [0.2, 0.25) is 5.02 Å². The second-order valence-corrected chi connectivity index (χ2v) is 7.59. The van der Waals surface area contributed by atoms with Crippen molar-refractivity contribution in [3.63, 3.8) is 0 Å². The van der Waals surface area contributed by atoms with Crippen molar-refractivity contribution in [2.45, 2.75) is 59.2 Å². The molecule has 23 heavy (non-hydrogen) atoms. The van der Waals surface area contributed by atoms with Gasteiger partial charge >= 0.3 is 6.09 Å². The Bertz CT molecular complexity index is 498. The predicted molar refractivity (Wildman–Crippen MR) is 95.8 cm³/mol. The number of hydrogen-bond donors (Lipinski definition) is 2. The molecule has 2 N–H and O–H groups in total. The number of halogens is 1. The van der Waals surface area contributed by atoms with Crippen LogP contribution in [-0.2, 0) is 11.3 Å². The Balaban J connectivity index is 2.52. The summed E-state index contributed by atoms with van der Waals surface area (Å²) in [5.74, 6) is 0.527. The van der Waals surface area contributed by atoms with Gasteiger partial charge in [-0.2, -0.15) is 0 Å². The lowest BCUT2D eigenvalue weighted by Crippen LogP contribution is -2.43. The number of alkyl carbamates (subject to hydrolysis) is 1. The van der Waals surface area contributed by atoms with E-state index in [0.717, 1.165) is 17.0 Å². The molecule has 0 heterocycles. The summed E-state index contributed by atoms with van der Waals surface area (Å²) in [6.07, 6.45) is 0.575. The van der Waals surface area contributed by atoms with Gasteiger partial charge in [-0.1, -0.05) is 43.6 Å². The van der Waals surface area contributed by atoms with Gasteiger partial charge in [0.15, 0.2) is 0 Å². The number of rotatable bonds is 7. The van der Waals surface area contributed by atoms with Gasteiger partial charge in [0.2, 0.25) is 0 Å². The molecule has 1 aromatic rings. The maximum atomic E-state index is 11.8. The van der Waals surface area contributed by atoms with E-state index in [1.807, 2.05) is 45.0 Å². The third-order valence-electron chi connectivity index (χ3n) is 3.19. The van der Waals surface area contributed by atoms with Crippen LogP contribution in [0.5, 0.6) is 0 Å². The summed E-state index contributed by atoms with van der Waals surface area (Å²) in [4.78, 5) is 11.8. The van der Waals surface area contributed by atoms with Crippen LogP contribution in [0.25, 0.3) is 0 Å². The Morgan fingerprint density at radius 2 is 1.91 bits per heavy atom. The molecule has 1 aromatic carbocycles. The molecule has 0 aliphatic heterocycles. The minimum Gasteiger partial charge on any atom is -0.444 e. The molecule has 0 spiro atoms. The fourth-order valence-electron chi connectivity index (χ4n) is 2.22. The Labute approximate surface area is 144 Å². The quantitative estimate of drug-likeness (QED) is 0.775. The van der Waals surface area contributed by atoms with Crippen LogP contribution in [0.1, 0.15) is 46.6 Å². The van der Waals surface area contributed by atoms with Gasteiger partial charge in [0.25, 0.3) is 0 Å². The van der Waals surface area contributed by atoms with Gasteiger partial charge in [0.05, 0.1) is 0 Å². The summed E-state index contributed by atoms with van der Waals surface area (Å²) >= 11 is 6.18. The highest BCUT2D eigenvalue weighted by Gasteiger charge is 2.18. The van der Waals surface area contributed by atoms with Crippen molar-refractivity contribution in [1.29, 1.82) is 0 Å². The van der Waals surface area contributed by atoms with E-state index in [1.54, 1.807) is 0 Å². The van der Waals surface area contributed by atoms with Gasteiger partial charge in [-0.25, -0.2) is 4.79 Å². The first-order chi connectivity index (χ1) is 10.7. The summed E-state index contributed by atoms with van der Waals surface area (Å²) in [5, 5.41) is 7.06. The average molecular weight is 341 g/mol.